The zero-order valence-electron chi connectivity index (χ0n) is 17.4. The predicted octanol–water partition coefficient (Wildman–Crippen LogP) is 2.29. The van der Waals surface area contributed by atoms with Crippen molar-refractivity contribution in [2.75, 3.05) is 65.4 Å². The van der Waals surface area contributed by atoms with E-state index < -0.39 is 0 Å². The Kier molecular flexibility index (Phi) is 29.2. The van der Waals surface area contributed by atoms with Crippen LogP contribution in [-0.4, -0.2) is 65.4 Å². The molecule has 0 aromatic heterocycles. The van der Waals surface area contributed by atoms with Crippen LogP contribution in [0.3, 0.4) is 0 Å². The Morgan fingerprint density at radius 3 is 1.23 bits per heavy atom. The average molecular weight is 392 g/mol. The minimum atomic E-state index is 0. The molecule has 0 bridgehead atoms. The molecule has 158 valence electrons. The van der Waals surface area contributed by atoms with E-state index in [1.54, 1.807) is 0 Å². The Balaban J connectivity index is 0. The number of hydrogen-bond acceptors (Lipinski definition) is 5. The Bertz CT molecular complexity index is 265. The van der Waals surface area contributed by atoms with Gasteiger partial charge in [0.1, 0.15) is 0 Å². The van der Waals surface area contributed by atoms with Gasteiger partial charge in [0.2, 0.25) is 0 Å². The smallest absolute Gasteiger partial charge is 0.0135 e. The van der Waals surface area contributed by atoms with Crippen LogP contribution in [0, 0.1) is 0 Å². The minimum absolute atomic E-state index is 0. The van der Waals surface area contributed by atoms with Crippen molar-refractivity contribution in [1.29, 1.82) is 0 Å². The van der Waals surface area contributed by atoms with Crippen LogP contribution in [0.1, 0.15) is 52.4 Å². The number of nitrogens with one attached hydrogen (secondary N) is 5. The SMILES string of the molecule is CCNC/C=C\CNCCCCNCCCCNCCCCNCC.Cl. The quantitative estimate of drug-likeness (QED) is 0.153. The van der Waals surface area contributed by atoms with E-state index >= 15 is 0 Å². The molecule has 0 aromatic carbocycles. The van der Waals surface area contributed by atoms with E-state index in [0.717, 1.165) is 65.4 Å². The molecule has 5 nitrogen and oxygen atoms in total. The fourth-order valence-electron chi connectivity index (χ4n) is 2.51. The van der Waals surface area contributed by atoms with Gasteiger partial charge in [-0.3, -0.25) is 0 Å². The van der Waals surface area contributed by atoms with E-state index in [2.05, 4.69) is 52.6 Å². The van der Waals surface area contributed by atoms with Gasteiger partial charge in [-0.05, 0) is 90.9 Å². The van der Waals surface area contributed by atoms with E-state index in [9.17, 15) is 0 Å². The highest BCUT2D eigenvalue weighted by Gasteiger charge is 1.92. The van der Waals surface area contributed by atoms with Gasteiger partial charge in [0.25, 0.3) is 0 Å². The maximum atomic E-state index is 3.55. The van der Waals surface area contributed by atoms with E-state index in [-0.39, 0.29) is 12.4 Å². The number of likely N-dealkylation sites (N-methyl/N-ethyl adjacent to an activating group) is 1. The van der Waals surface area contributed by atoms with Crippen LogP contribution in [0.5, 0.6) is 0 Å². The van der Waals surface area contributed by atoms with Gasteiger partial charge in [0.15, 0.2) is 0 Å². The lowest BCUT2D eigenvalue weighted by molar-refractivity contribution is 0.546. The number of halogens is 1. The second-order valence-electron chi connectivity index (χ2n) is 6.46. The van der Waals surface area contributed by atoms with Gasteiger partial charge in [-0.15, -0.1) is 12.4 Å². The van der Waals surface area contributed by atoms with Crippen molar-refractivity contribution in [3.05, 3.63) is 12.2 Å². The van der Waals surface area contributed by atoms with Crippen LogP contribution in [-0.2, 0) is 0 Å². The van der Waals surface area contributed by atoms with Crippen LogP contribution in [0.4, 0.5) is 0 Å². The lowest BCUT2D eigenvalue weighted by Gasteiger charge is -2.07. The molecule has 0 aliphatic heterocycles. The first kappa shape index (κ1) is 28.0. The van der Waals surface area contributed by atoms with Crippen molar-refractivity contribution in [2.24, 2.45) is 0 Å². The van der Waals surface area contributed by atoms with Crippen LogP contribution >= 0.6 is 12.4 Å². The number of unbranched alkanes of at least 4 members (excludes halogenated alkanes) is 3. The maximum Gasteiger partial charge on any atom is 0.0135 e. The van der Waals surface area contributed by atoms with E-state index in [0.29, 0.717) is 0 Å². The summed E-state index contributed by atoms with van der Waals surface area (Å²) in [5.41, 5.74) is 0. The van der Waals surface area contributed by atoms with Gasteiger partial charge >= 0.3 is 0 Å². The number of hydrogen-bond donors (Lipinski definition) is 5. The highest BCUT2D eigenvalue weighted by Crippen LogP contribution is 1.89. The van der Waals surface area contributed by atoms with Crippen molar-refractivity contribution in [1.82, 2.24) is 26.6 Å². The third kappa shape index (κ3) is 26.1. The summed E-state index contributed by atoms with van der Waals surface area (Å²) in [5, 5.41) is 17.2. The molecule has 0 radical (unpaired) electrons. The molecule has 0 heterocycles. The normalized spacial score (nSPS) is 11.2. The van der Waals surface area contributed by atoms with Gasteiger partial charge in [-0.2, -0.15) is 0 Å². The fraction of sp³-hybridized carbons (Fsp3) is 0.900. The van der Waals surface area contributed by atoms with Crippen molar-refractivity contribution in [3.63, 3.8) is 0 Å². The lowest BCUT2D eigenvalue weighted by atomic mass is 10.2. The van der Waals surface area contributed by atoms with Crippen LogP contribution in [0.2, 0.25) is 0 Å². The van der Waals surface area contributed by atoms with E-state index in [1.165, 1.54) is 38.5 Å². The molecule has 6 heteroatoms. The second kappa shape index (κ2) is 27.1. The van der Waals surface area contributed by atoms with Gasteiger partial charge in [-0.1, -0.05) is 26.0 Å². The van der Waals surface area contributed by atoms with Gasteiger partial charge < -0.3 is 26.6 Å². The Hall–Kier alpha value is -0.170. The molecule has 0 saturated heterocycles. The van der Waals surface area contributed by atoms with Gasteiger partial charge in [-0.25, -0.2) is 0 Å². The standard InChI is InChI=1S/C20H45N5.ClH/c1-3-21-13-5-7-15-23-17-9-11-19-25-20-12-10-18-24-16-8-6-14-22-4-2;/h5,7,21-25H,3-4,6,8-20H2,1-2H3;1H/b7-5-;. The van der Waals surface area contributed by atoms with Crippen molar-refractivity contribution < 1.29 is 0 Å². The Morgan fingerprint density at radius 1 is 0.462 bits per heavy atom. The summed E-state index contributed by atoms with van der Waals surface area (Å²) in [6.45, 7) is 15.3. The van der Waals surface area contributed by atoms with E-state index in [1.807, 2.05) is 0 Å². The first-order valence-electron chi connectivity index (χ1n) is 10.6. The van der Waals surface area contributed by atoms with Crippen LogP contribution < -0.4 is 26.6 Å². The van der Waals surface area contributed by atoms with Gasteiger partial charge in [0.05, 0.1) is 0 Å². The zero-order chi connectivity index (χ0) is 18.3. The number of rotatable bonds is 21. The molecule has 26 heavy (non-hydrogen) atoms. The summed E-state index contributed by atoms with van der Waals surface area (Å²) in [6.07, 6.45) is 12.0. The van der Waals surface area contributed by atoms with Crippen LogP contribution in [0.25, 0.3) is 0 Å². The molecule has 0 aliphatic carbocycles. The first-order valence-corrected chi connectivity index (χ1v) is 10.6. The summed E-state index contributed by atoms with van der Waals surface area (Å²) in [6, 6.07) is 0. The summed E-state index contributed by atoms with van der Waals surface area (Å²) in [7, 11) is 0. The summed E-state index contributed by atoms with van der Waals surface area (Å²) < 4.78 is 0. The highest BCUT2D eigenvalue weighted by molar-refractivity contribution is 5.85. The highest BCUT2D eigenvalue weighted by atomic mass is 35.5. The van der Waals surface area contributed by atoms with Crippen molar-refractivity contribution >= 4 is 12.4 Å². The molecule has 0 unspecified atom stereocenters. The first-order chi connectivity index (χ1) is 12.4. The summed E-state index contributed by atoms with van der Waals surface area (Å²) in [5.74, 6) is 0. The van der Waals surface area contributed by atoms with Crippen LogP contribution in [0.15, 0.2) is 12.2 Å². The molecule has 0 aliphatic rings. The van der Waals surface area contributed by atoms with E-state index in [4.69, 9.17) is 0 Å². The average Bonchev–Trinajstić information content (AvgIpc) is 2.63. The molecule has 0 fully saturated rings. The molecular weight excluding hydrogens is 346 g/mol. The molecule has 0 amide bonds. The third-order valence-corrected chi connectivity index (χ3v) is 4.06. The summed E-state index contributed by atoms with van der Waals surface area (Å²) >= 11 is 0. The maximum absolute atomic E-state index is 3.55. The fourth-order valence-corrected chi connectivity index (χ4v) is 2.51. The molecule has 0 rings (SSSR count). The summed E-state index contributed by atoms with van der Waals surface area (Å²) in [4.78, 5) is 0. The Labute approximate surface area is 169 Å². The molecule has 0 spiro atoms. The monoisotopic (exact) mass is 391 g/mol. The predicted molar refractivity (Wildman–Crippen MR) is 120 cm³/mol. The largest absolute Gasteiger partial charge is 0.317 e. The zero-order valence-corrected chi connectivity index (χ0v) is 18.2. The van der Waals surface area contributed by atoms with Crippen molar-refractivity contribution in [2.45, 2.75) is 52.4 Å². The molecular formula is C20H46ClN5. The topological polar surface area (TPSA) is 60.1 Å². The molecule has 0 atom stereocenters. The van der Waals surface area contributed by atoms with Gasteiger partial charge in [0, 0.05) is 13.1 Å². The molecule has 0 saturated carbocycles. The molecule has 0 aromatic rings. The molecule has 5 N–H and O–H groups in total. The lowest BCUT2D eigenvalue weighted by Crippen LogP contribution is -2.22. The van der Waals surface area contributed by atoms with Crippen molar-refractivity contribution in [3.8, 4) is 0 Å². The minimum Gasteiger partial charge on any atom is -0.317 e. The second-order valence-corrected chi connectivity index (χ2v) is 6.46. The third-order valence-electron chi connectivity index (χ3n) is 4.06. The Morgan fingerprint density at radius 2 is 0.808 bits per heavy atom.